The van der Waals surface area contributed by atoms with E-state index in [-0.39, 0.29) is 56.9 Å². The lowest BCUT2D eigenvalue weighted by Crippen LogP contribution is -2.57. The number of fused-ring (bicyclic) bond motifs is 2. The number of rotatable bonds is 9. The molecule has 1 amide bonds. The first kappa shape index (κ1) is 33.2. The molecule has 2 aliphatic heterocycles. The maximum atomic E-state index is 14.5. The Balaban J connectivity index is 1.47. The molecule has 0 bridgehead atoms. The first-order valence-electron chi connectivity index (χ1n) is 14.5. The number of carbonyl (C=O) groups is 1. The van der Waals surface area contributed by atoms with Crippen molar-refractivity contribution in [3.05, 3.63) is 76.3 Å². The van der Waals surface area contributed by atoms with Crippen LogP contribution >= 0.6 is 11.6 Å². The Labute approximate surface area is 267 Å². The lowest BCUT2D eigenvalue weighted by atomic mass is 10.0. The number of halogens is 6. The quantitative estimate of drug-likeness (QED) is 0.175. The highest BCUT2D eigenvalue weighted by Gasteiger charge is 2.36. The van der Waals surface area contributed by atoms with Crippen molar-refractivity contribution in [3.8, 4) is 6.01 Å². The number of amides is 1. The molecular weight excluding hydrogens is 633 g/mol. The first-order valence-corrected chi connectivity index (χ1v) is 14.9. The summed E-state index contributed by atoms with van der Waals surface area (Å²) in [5.41, 5.74) is 2.10. The summed E-state index contributed by atoms with van der Waals surface area (Å²) in [6.45, 7) is 10.5. The second-order valence-corrected chi connectivity index (χ2v) is 11.6. The molecule has 0 saturated carbocycles. The second kappa shape index (κ2) is 13.6. The summed E-state index contributed by atoms with van der Waals surface area (Å²) in [6, 6.07) is 7.82. The summed E-state index contributed by atoms with van der Waals surface area (Å²) in [6.07, 6.45) is -3.89. The summed E-state index contributed by atoms with van der Waals surface area (Å²) >= 11 is 6.41. The predicted molar refractivity (Wildman–Crippen MR) is 164 cm³/mol. The number of anilines is 2. The van der Waals surface area contributed by atoms with Crippen molar-refractivity contribution in [1.29, 1.82) is 0 Å². The molecule has 0 radical (unpaired) electrons. The van der Waals surface area contributed by atoms with Gasteiger partial charge in [0.15, 0.2) is 5.83 Å². The third-order valence-electron chi connectivity index (χ3n) is 8.01. The Morgan fingerprint density at radius 2 is 1.98 bits per heavy atom. The number of piperazine rings is 1. The molecule has 1 aromatic heterocycles. The van der Waals surface area contributed by atoms with Gasteiger partial charge in [0.05, 0.1) is 23.8 Å². The number of hydrogen-bond donors (Lipinski definition) is 0. The smallest absolute Gasteiger partial charge is 0.401 e. The number of nitrogens with zero attached hydrogens (tertiary/aromatic N) is 7. The third-order valence-corrected chi connectivity index (χ3v) is 8.38. The lowest BCUT2D eigenvalue weighted by molar-refractivity contribution is -0.143. The van der Waals surface area contributed by atoms with Gasteiger partial charge in [0, 0.05) is 49.4 Å². The second-order valence-electron chi connectivity index (χ2n) is 11.2. The van der Waals surface area contributed by atoms with E-state index in [9.17, 15) is 26.7 Å². The predicted octanol–water partition coefficient (Wildman–Crippen LogP) is 5.28. The molecule has 1 saturated heterocycles. The van der Waals surface area contributed by atoms with Gasteiger partial charge in [-0.05, 0) is 31.0 Å². The minimum absolute atomic E-state index is 0.00324. The maximum absolute atomic E-state index is 14.5. The molecule has 46 heavy (non-hydrogen) atoms. The number of benzene rings is 2. The number of ether oxygens (including phenoxy) is 1. The van der Waals surface area contributed by atoms with Crippen molar-refractivity contribution in [2.75, 3.05) is 69.3 Å². The van der Waals surface area contributed by atoms with Crippen molar-refractivity contribution >= 4 is 39.8 Å². The van der Waals surface area contributed by atoms with Gasteiger partial charge in [0.2, 0.25) is 6.54 Å². The van der Waals surface area contributed by atoms with Crippen molar-refractivity contribution in [2.45, 2.75) is 25.2 Å². The molecule has 3 heterocycles. The molecule has 0 unspecified atom stereocenters. The topological polar surface area (TPSA) is 69.4 Å². The fourth-order valence-corrected chi connectivity index (χ4v) is 6.15. The van der Waals surface area contributed by atoms with Crippen LogP contribution in [0.1, 0.15) is 11.3 Å². The van der Waals surface area contributed by atoms with E-state index in [4.69, 9.17) is 22.9 Å². The summed E-state index contributed by atoms with van der Waals surface area (Å²) < 4.78 is 72.5. The Morgan fingerprint density at radius 3 is 2.70 bits per heavy atom. The molecular formula is C31H31ClF5N7O2. The van der Waals surface area contributed by atoms with E-state index in [2.05, 4.69) is 21.4 Å². The van der Waals surface area contributed by atoms with Gasteiger partial charge in [-0.3, -0.25) is 9.69 Å². The van der Waals surface area contributed by atoms with E-state index in [0.717, 1.165) is 15.8 Å². The minimum atomic E-state index is -4.36. The van der Waals surface area contributed by atoms with Gasteiger partial charge >= 0.3 is 12.2 Å². The largest absolute Gasteiger partial charge is 0.462 e. The van der Waals surface area contributed by atoms with Crippen LogP contribution < -0.4 is 14.5 Å². The van der Waals surface area contributed by atoms with Gasteiger partial charge in [-0.1, -0.05) is 36.4 Å². The Bertz CT molecular complexity index is 1680. The molecule has 1 fully saturated rings. The molecule has 2 aromatic carbocycles. The zero-order chi connectivity index (χ0) is 33.2. The van der Waals surface area contributed by atoms with Crippen molar-refractivity contribution < 1.29 is 31.5 Å². The molecule has 5 rings (SSSR count). The van der Waals surface area contributed by atoms with E-state index in [1.807, 2.05) is 28.0 Å². The van der Waals surface area contributed by atoms with Crippen LogP contribution in [-0.4, -0.2) is 97.4 Å². The molecule has 3 aromatic rings. The highest BCUT2D eigenvalue weighted by molar-refractivity contribution is 6.36. The number of hydrogen-bond acceptors (Lipinski definition) is 7. The van der Waals surface area contributed by atoms with Crippen LogP contribution in [-0.2, 0) is 17.8 Å². The van der Waals surface area contributed by atoms with Crippen LogP contribution in [0.15, 0.2) is 42.7 Å². The first-order chi connectivity index (χ1) is 21.9. The fourth-order valence-electron chi connectivity index (χ4n) is 5.89. The number of aromatic nitrogens is 2. The SMILES string of the molecule is [C-]#[N+]C[C@H]1CN(c2nc(OCCN(C)CC(F)(F)F)nc3c2CCN(c2cccc4ccc(F)c(Cl)c24)C3)CCN1C(=O)C(=C)F. The zero-order valence-corrected chi connectivity index (χ0v) is 25.7. The van der Waals surface area contributed by atoms with Gasteiger partial charge < -0.3 is 24.3 Å². The van der Waals surface area contributed by atoms with Gasteiger partial charge in [-0.25, -0.2) is 15.4 Å². The summed E-state index contributed by atoms with van der Waals surface area (Å²) in [7, 11) is 1.33. The van der Waals surface area contributed by atoms with E-state index in [0.29, 0.717) is 35.6 Å². The number of alkyl halides is 3. The van der Waals surface area contributed by atoms with Crippen LogP contribution in [0.25, 0.3) is 15.6 Å². The molecule has 2 aliphatic rings. The lowest BCUT2D eigenvalue weighted by Gasteiger charge is -2.41. The van der Waals surface area contributed by atoms with Crippen LogP contribution in [0.4, 0.5) is 33.5 Å². The minimum Gasteiger partial charge on any atom is -0.462 e. The van der Waals surface area contributed by atoms with Gasteiger partial charge in [0.25, 0.3) is 5.91 Å². The van der Waals surface area contributed by atoms with Gasteiger partial charge in [0.1, 0.15) is 24.3 Å². The Kier molecular flexibility index (Phi) is 9.83. The van der Waals surface area contributed by atoms with E-state index < -0.39 is 36.3 Å². The highest BCUT2D eigenvalue weighted by atomic mass is 35.5. The van der Waals surface area contributed by atoms with Gasteiger partial charge in [-0.2, -0.15) is 23.1 Å². The molecule has 15 heteroatoms. The van der Waals surface area contributed by atoms with Gasteiger partial charge in [-0.15, -0.1) is 0 Å². The highest BCUT2D eigenvalue weighted by Crippen LogP contribution is 2.38. The zero-order valence-electron chi connectivity index (χ0n) is 25.0. The Morgan fingerprint density at radius 1 is 1.20 bits per heavy atom. The number of likely N-dealkylation sites (N-methyl/N-ethyl adjacent to an activating group) is 1. The Hall–Kier alpha value is -4.22. The summed E-state index contributed by atoms with van der Waals surface area (Å²) in [5, 5.41) is 1.33. The molecule has 9 nitrogen and oxygen atoms in total. The van der Waals surface area contributed by atoms with Crippen LogP contribution in [0.2, 0.25) is 5.02 Å². The van der Waals surface area contributed by atoms with Crippen LogP contribution in [0.5, 0.6) is 6.01 Å². The standard InChI is InChI=1S/C31H31ClF5N7O2/c1-19(33)29(45)44-12-11-43(16-21(44)15-38-2)28-22-9-10-42(25-6-4-5-20-7-8-23(34)27(32)26(20)25)17-24(22)39-30(40-28)46-14-13-41(3)18-31(35,36)37/h4-8,21H,1,9-18H2,3H3/t21-/m0/s1. The van der Waals surface area contributed by atoms with Crippen LogP contribution in [0, 0.1) is 12.4 Å². The van der Waals surface area contributed by atoms with E-state index >= 15 is 0 Å². The molecule has 0 aliphatic carbocycles. The summed E-state index contributed by atoms with van der Waals surface area (Å²) in [4.78, 5) is 31.4. The average Bonchev–Trinajstić information content (AvgIpc) is 3.01. The summed E-state index contributed by atoms with van der Waals surface area (Å²) in [5.74, 6) is -2.02. The van der Waals surface area contributed by atoms with Crippen molar-refractivity contribution in [1.82, 2.24) is 19.8 Å². The van der Waals surface area contributed by atoms with Crippen molar-refractivity contribution in [3.63, 3.8) is 0 Å². The molecule has 1 atom stereocenters. The monoisotopic (exact) mass is 663 g/mol. The molecule has 0 spiro atoms. The van der Waals surface area contributed by atoms with Crippen LogP contribution in [0.3, 0.4) is 0 Å². The van der Waals surface area contributed by atoms with E-state index in [1.54, 1.807) is 6.07 Å². The fraction of sp³-hybridized carbons (Fsp3) is 0.419. The molecule has 0 N–H and O–H groups in total. The average molecular weight is 664 g/mol. The number of carbonyl (C=O) groups excluding carboxylic acids is 1. The van der Waals surface area contributed by atoms with Crippen molar-refractivity contribution in [2.24, 2.45) is 0 Å². The van der Waals surface area contributed by atoms with E-state index in [1.165, 1.54) is 18.0 Å². The third kappa shape index (κ3) is 7.26. The maximum Gasteiger partial charge on any atom is 0.401 e. The molecule has 244 valence electrons. The normalized spacial score (nSPS) is 16.8.